The Morgan fingerprint density at radius 2 is 2.00 bits per heavy atom. The average Bonchev–Trinajstić information content (AvgIpc) is 3.13. The molecule has 9 heteroatoms. The van der Waals surface area contributed by atoms with Gasteiger partial charge in [0.15, 0.2) is 0 Å². The minimum absolute atomic E-state index is 0.0572. The van der Waals surface area contributed by atoms with Gasteiger partial charge in [0.25, 0.3) is 0 Å². The number of nitrogens with zero attached hydrogens (tertiary/aromatic N) is 3. The number of rotatable bonds is 6. The van der Waals surface area contributed by atoms with Gasteiger partial charge in [-0.3, -0.25) is 10.1 Å². The maximum atomic E-state index is 13.6. The molecule has 0 aliphatic heterocycles. The van der Waals surface area contributed by atoms with Gasteiger partial charge in [0.05, 0.1) is 12.2 Å². The van der Waals surface area contributed by atoms with E-state index in [0.29, 0.717) is 18.3 Å². The van der Waals surface area contributed by atoms with Crippen LogP contribution in [0.1, 0.15) is 31.5 Å². The number of H-pyrrole nitrogens is 1. The van der Waals surface area contributed by atoms with Crippen LogP contribution in [0.2, 0.25) is 0 Å². The van der Waals surface area contributed by atoms with Gasteiger partial charge in [-0.05, 0) is 30.5 Å². The molecule has 0 saturated carbocycles. The lowest BCUT2D eigenvalue weighted by molar-refractivity contribution is -0.140. The molecule has 30 heavy (non-hydrogen) atoms. The Balaban J connectivity index is 2.06. The molecule has 156 valence electrons. The number of phenolic OH excluding ortho intramolecular Hbond substituents is 1. The number of aromatic hydroxyl groups is 1. The number of halogens is 3. The molecule has 2 aromatic heterocycles. The lowest BCUT2D eigenvalue weighted by Crippen LogP contribution is -2.07. The van der Waals surface area contributed by atoms with Crippen molar-refractivity contribution in [3.05, 3.63) is 47.9 Å². The van der Waals surface area contributed by atoms with E-state index in [1.807, 2.05) is 11.2 Å². The van der Waals surface area contributed by atoms with E-state index < -0.39 is 11.9 Å². The number of aromatic nitrogens is 3. The first kappa shape index (κ1) is 21.2. The Bertz CT molecular complexity index is 1080. The predicted molar refractivity (Wildman–Crippen MR) is 104 cm³/mol. The highest BCUT2D eigenvalue weighted by Gasteiger charge is 2.38. The molecule has 3 aromatic rings. The van der Waals surface area contributed by atoms with E-state index in [9.17, 15) is 18.3 Å². The average molecular weight is 416 g/mol. The van der Waals surface area contributed by atoms with Crippen LogP contribution < -0.4 is 4.74 Å². The Labute approximate surface area is 171 Å². The van der Waals surface area contributed by atoms with Gasteiger partial charge in [-0.25, -0.2) is 0 Å². The molecule has 0 bridgehead atoms. The first-order valence-electron chi connectivity index (χ1n) is 9.18. The van der Waals surface area contributed by atoms with Gasteiger partial charge in [-0.1, -0.05) is 13.8 Å². The minimum Gasteiger partial charge on any atom is -0.507 e. The molecule has 0 aliphatic rings. The van der Waals surface area contributed by atoms with Crippen molar-refractivity contribution in [2.45, 2.75) is 26.4 Å². The molecule has 0 amide bonds. The molecule has 0 spiro atoms. The van der Waals surface area contributed by atoms with Gasteiger partial charge in [0.2, 0.25) is 0 Å². The molecule has 6 nitrogen and oxygen atoms in total. The van der Waals surface area contributed by atoms with Crippen molar-refractivity contribution in [2.24, 2.45) is 5.92 Å². The van der Waals surface area contributed by atoms with Gasteiger partial charge in [-0.15, -0.1) is 0 Å². The van der Waals surface area contributed by atoms with E-state index in [-0.39, 0.29) is 33.7 Å². The van der Waals surface area contributed by atoms with Crippen molar-refractivity contribution in [1.29, 1.82) is 5.26 Å². The standard InChI is InChI=1S/C21H19F3N4O2/c1-12(2)5-6-30-15-3-4-16(17(29)8-15)19-18(20(28-27-19)21(22,23)24)14-7-13(9-25)10-26-11-14/h3-4,7-8,10-12,29H,5-6H2,1-2H3,(H,27,28). The third-order valence-corrected chi connectivity index (χ3v) is 4.39. The van der Waals surface area contributed by atoms with E-state index in [4.69, 9.17) is 10.00 Å². The highest BCUT2D eigenvalue weighted by Crippen LogP contribution is 2.43. The van der Waals surface area contributed by atoms with E-state index >= 15 is 0 Å². The van der Waals surface area contributed by atoms with Gasteiger partial charge >= 0.3 is 6.18 Å². The summed E-state index contributed by atoms with van der Waals surface area (Å²) in [6, 6.07) is 7.49. The zero-order valence-electron chi connectivity index (χ0n) is 16.3. The summed E-state index contributed by atoms with van der Waals surface area (Å²) < 4.78 is 46.3. The van der Waals surface area contributed by atoms with Crippen molar-refractivity contribution in [3.63, 3.8) is 0 Å². The van der Waals surface area contributed by atoms with Crippen molar-refractivity contribution in [2.75, 3.05) is 6.61 Å². The molecule has 0 atom stereocenters. The predicted octanol–water partition coefficient (Wildman–Crippen LogP) is 5.16. The van der Waals surface area contributed by atoms with E-state index in [1.54, 1.807) is 6.07 Å². The Hall–Kier alpha value is -3.54. The van der Waals surface area contributed by atoms with Crippen LogP contribution in [-0.4, -0.2) is 26.9 Å². The molecule has 1 aromatic carbocycles. The molecule has 2 heterocycles. The van der Waals surface area contributed by atoms with Crippen LogP contribution in [-0.2, 0) is 6.18 Å². The van der Waals surface area contributed by atoms with Crippen LogP contribution in [0.3, 0.4) is 0 Å². The molecule has 0 unspecified atom stereocenters. The fourth-order valence-electron chi connectivity index (χ4n) is 2.87. The molecule has 0 aliphatic carbocycles. The summed E-state index contributed by atoms with van der Waals surface area (Å²) in [5, 5.41) is 25.3. The molecule has 0 saturated heterocycles. The highest BCUT2D eigenvalue weighted by molar-refractivity contribution is 5.85. The number of pyridine rings is 1. The fraction of sp³-hybridized carbons (Fsp3) is 0.286. The summed E-state index contributed by atoms with van der Waals surface area (Å²) in [7, 11) is 0. The zero-order valence-corrected chi connectivity index (χ0v) is 16.3. The Morgan fingerprint density at radius 1 is 1.23 bits per heavy atom. The molecule has 2 N–H and O–H groups in total. The van der Waals surface area contributed by atoms with E-state index in [2.05, 4.69) is 23.9 Å². The lowest BCUT2D eigenvalue weighted by atomic mass is 9.98. The van der Waals surface area contributed by atoms with Gasteiger partial charge in [0, 0.05) is 35.2 Å². The van der Waals surface area contributed by atoms with Gasteiger partial charge in [-0.2, -0.15) is 23.5 Å². The quantitative estimate of drug-likeness (QED) is 0.579. The molecule has 3 rings (SSSR count). The topological polar surface area (TPSA) is 94.8 Å². The maximum Gasteiger partial charge on any atom is 0.433 e. The smallest absolute Gasteiger partial charge is 0.433 e. The van der Waals surface area contributed by atoms with E-state index in [1.165, 1.54) is 30.6 Å². The summed E-state index contributed by atoms with van der Waals surface area (Å²) in [5.41, 5.74) is -1.24. The van der Waals surface area contributed by atoms with Crippen LogP contribution in [0.15, 0.2) is 36.7 Å². The number of phenols is 1. The molecule has 0 radical (unpaired) electrons. The maximum absolute atomic E-state index is 13.6. The number of benzene rings is 1. The number of aromatic amines is 1. The van der Waals surface area contributed by atoms with Gasteiger partial charge < -0.3 is 9.84 Å². The number of hydrogen-bond donors (Lipinski definition) is 2. The second-order valence-corrected chi connectivity index (χ2v) is 7.10. The summed E-state index contributed by atoms with van der Waals surface area (Å²) >= 11 is 0. The van der Waals surface area contributed by atoms with Crippen LogP contribution >= 0.6 is 0 Å². The summed E-state index contributed by atoms with van der Waals surface area (Å²) in [5.74, 6) is 0.573. The number of nitrogens with one attached hydrogen (secondary N) is 1. The van der Waals surface area contributed by atoms with Crippen molar-refractivity contribution in [3.8, 4) is 40.0 Å². The van der Waals surface area contributed by atoms with Crippen molar-refractivity contribution < 1.29 is 23.0 Å². The fourth-order valence-corrected chi connectivity index (χ4v) is 2.87. The summed E-state index contributed by atoms with van der Waals surface area (Å²) in [6.45, 7) is 4.56. The van der Waals surface area contributed by atoms with Crippen molar-refractivity contribution in [1.82, 2.24) is 15.2 Å². The Kier molecular flexibility index (Phi) is 5.96. The largest absolute Gasteiger partial charge is 0.507 e. The number of ether oxygens (including phenoxy) is 1. The summed E-state index contributed by atoms with van der Waals surface area (Å²) in [6.07, 6.45) is -1.44. The molecule has 0 fully saturated rings. The van der Waals surface area contributed by atoms with Crippen LogP contribution in [0, 0.1) is 17.2 Å². The lowest BCUT2D eigenvalue weighted by Gasteiger charge is -2.12. The van der Waals surface area contributed by atoms with Crippen molar-refractivity contribution >= 4 is 0 Å². The SMILES string of the molecule is CC(C)CCOc1ccc(-c2n[nH]c(C(F)(F)F)c2-c2cncc(C#N)c2)c(O)c1. The van der Waals surface area contributed by atoms with Crippen LogP contribution in [0.4, 0.5) is 13.2 Å². The van der Waals surface area contributed by atoms with Crippen LogP contribution in [0.5, 0.6) is 11.5 Å². The third-order valence-electron chi connectivity index (χ3n) is 4.39. The second kappa shape index (κ2) is 8.45. The monoisotopic (exact) mass is 416 g/mol. The number of nitriles is 1. The normalized spacial score (nSPS) is 11.5. The van der Waals surface area contributed by atoms with E-state index in [0.717, 1.165) is 6.42 Å². The second-order valence-electron chi connectivity index (χ2n) is 7.10. The third kappa shape index (κ3) is 4.54. The highest BCUT2D eigenvalue weighted by atomic mass is 19.4. The minimum atomic E-state index is -4.72. The van der Waals surface area contributed by atoms with Gasteiger partial charge in [0.1, 0.15) is 29.0 Å². The molecular weight excluding hydrogens is 397 g/mol. The Morgan fingerprint density at radius 3 is 2.63 bits per heavy atom. The number of hydrogen-bond acceptors (Lipinski definition) is 5. The molecular formula is C21H19F3N4O2. The zero-order chi connectivity index (χ0) is 21.9. The number of alkyl halides is 3. The summed E-state index contributed by atoms with van der Waals surface area (Å²) in [4.78, 5) is 3.84. The first-order valence-corrected chi connectivity index (χ1v) is 9.18. The van der Waals surface area contributed by atoms with Crippen LogP contribution in [0.25, 0.3) is 22.4 Å². The first-order chi connectivity index (χ1) is 14.2.